The van der Waals surface area contributed by atoms with E-state index in [0.717, 1.165) is 5.56 Å². The second-order valence-corrected chi connectivity index (χ2v) is 4.26. The molecule has 3 nitrogen and oxygen atoms in total. The van der Waals surface area contributed by atoms with Crippen LogP contribution in [0.2, 0.25) is 0 Å². The van der Waals surface area contributed by atoms with Gasteiger partial charge in [0.25, 0.3) is 5.56 Å². The van der Waals surface area contributed by atoms with Gasteiger partial charge in [-0.05, 0) is 0 Å². The summed E-state index contributed by atoms with van der Waals surface area (Å²) < 4.78 is 0. The lowest BCUT2D eigenvalue weighted by Gasteiger charge is -2.02. The maximum absolute atomic E-state index is 11.5. The van der Waals surface area contributed by atoms with E-state index in [4.69, 9.17) is 6.42 Å². The van der Waals surface area contributed by atoms with E-state index in [9.17, 15) is 4.79 Å². The van der Waals surface area contributed by atoms with Crippen LogP contribution in [0.25, 0.3) is 11.3 Å². The van der Waals surface area contributed by atoms with Crippen LogP contribution in [0.15, 0.2) is 46.3 Å². The number of hydrogen-bond donors (Lipinski definition) is 1. The third kappa shape index (κ3) is 2.99. The zero-order valence-corrected chi connectivity index (χ0v) is 9.83. The summed E-state index contributed by atoms with van der Waals surface area (Å²) in [4.78, 5) is 18.5. The van der Waals surface area contributed by atoms with Gasteiger partial charge < -0.3 is 4.98 Å². The first-order valence-electron chi connectivity index (χ1n) is 5.02. The number of thioether (sulfide) groups is 1. The molecule has 0 aliphatic carbocycles. The van der Waals surface area contributed by atoms with E-state index in [1.807, 2.05) is 30.3 Å². The van der Waals surface area contributed by atoms with Crippen LogP contribution in [0.4, 0.5) is 0 Å². The van der Waals surface area contributed by atoms with Gasteiger partial charge >= 0.3 is 0 Å². The molecule has 0 radical (unpaired) electrons. The molecule has 0 atom stereocenters. The fourth-order valence-corrected chi connectivity index (χ4v) is 1.93. The molecule has 1 heterocycles. The van der Waals surface area contributed by atoms with E-state index in [1.54, 1.807) is 0 Å². The van der Waals surface area contributed by atoms with Gasteiger partial charge in [-0.3, -0.25) is 4.79 Å². The van der Waals surface area contributed by atoms with Gasteiger partial charge in [0.05, 0.1) is 11.4 Å². The Morgan fingerprint density at radius 1 is 1.35 bits per heavy atom. The van der Waals surface area contributed by atoms with E-state index in [0.29, 0.717) is 16.6 Å². The van der Waals surface area contributed by atoms with Crippen LogP contribution in [0.3, 0.4) is 0 Å². The van der Waals surface area contributed by atoms with Gasteiger partial charge in [-0.15, -0.1) is 6.42 Å². The SMILES string of the molecule is C#CCSc1nc(-c2ccccc2)cc(=O)[nH]1. The highest BCUT2D eigenvalue weighted by atomic mass is 32.2. The van der Waals surface area contributed by atoms with Crippen molar-refractivity contribution < 1.29 is 0 Å². The molecule has 2 aromatic rings. The van der Waals surface area contributed by atoms with Gasteiger partial charge in [0.2, 0.25) is 0 Å². The summed E-state index contributed by atoms with van der Waals surface area (Å²) in [7, 11) is 0. The molecule has 0 saturated heterocycles. The molecular formula is C13H10N2OS. The van der Waals surface area contributed by atoms with E-state index in [2.05, 4.69) is 15.9 Å². The van der Waals surface area contributed by atoms with Gasteiger partial charge in [-0.25, -0.2) is 4.98 Å². The van der Waals surface area contributed by atoms with Crippen molar-refractivity contribution in [3.8, 4) is 23.6 Å². The molecular weight excluding hydrogens is 232 g/mol. The van der Waals surface area contributed by atoms with Crippen molar-refractivity contribution in [3.63, 3.8) is 0 Å². The number of hydrogen-bond acceptors (Lipinski definition) is 3. The topological polar surface area (TPSA) is 45.8 Å². The first-order chi connectivity index (χ1) is 8.29. The molecule has 0 unspecified atom stereocenters. The van der Waals surface area contributed by atoms with Crippen molar-refractivity contribution in [2.45, 2.75) is 5.16 Å². The summed E-state index contributed by atoms with van der Waals surface area (Å²) in [5.41, 5.74) is 1.41. The lowest BCUT2D eigenvalue weighted by atomic mass is 10.1. The van der Waals surface area contributed by atoms with Gasteiger partial charge in [-0.2, -0.15) is 0 Å². The molecule has 0 spiro atoms. The molecule has 0 aliphatic rings. The normalized spacial score (nSPS) is 9.82. The largest absolute Gasteiger partial charge is 0.301 e. The fourth-order valence-electron chi connectivity index (χ4n) is 1.37. The Labute approximate surface area is 103 Å². The van der Waals surface area contributed by atoms with Crippen molar-refractivity contribution in [2.24, 2.45) is 0 Å². The van der Waals surface area contributed by atoms with Gasteiger partial charge in [0, 0.05) is 11.6 Å². The quantitative estimate of drug-likeness (QED) is 0.509. The standard InChI is InChI=1S/C13H10N2OS/c1-2-8-17-13-14-11(9-12(16)15-13)10-6-4-3-5-7-10/h1,3-7,9H,8H2,(H,14,15,16). The van der Waals surface area contributed by atoms with Crippen LogP contribution >= 0.6 is 11.8 Å². The van der Waals surface area contributed by atoms with Crippen LogP contribution in [0, 0.1) is 12.3 Å². The maximum Gasteiger partial charge on any atom is 0.252 e. The third-order valence-corrected chi connectivity index (χ3v) is 2.86. The molecule has 17 heavy (non-hydrogen) atoms. The van der Waals surface area contributed by atoms with E-state index in [-0.39, 0.29) is 5.56 Å². The average molecular weight is 242 g/mol. The predicted octanol–water partition coefficient (Wildman–Crippen LogP) is 2.16. The number of nitrogens with zero attached hydrogens (tertiary/aromatic N) is 1. The molecule has 2 rings (SSSR count). The highest BCUT2D eigenvalue weighted by molar-refractivity contribution is 7.99. The molecule has 0 aliphatic heterocycles. The summed E-state index contributed by atoms with van der Waals surface area (Å²) in [5.74, 6) is 2.98. The number of aromatic nitrogens is 2. The average Bonchev–Trinajstić information content (AvgIpc) is 2.37. The molecule has 4 heteroatoms. The van der Waals surface area contributed by atoms with Crippen LogP contribution in [0.1, 0.15) is 0 Å². The van der Waals surface area contributed by atoms with Crippen molar-refractivity contribution in [1.29, 1.82) is 0 Å². The number of rotatable bonds is 3. The number of benzene rings is 1. The smallest absolute Gasteiger partial charge is 0.252 e. The Morgan fingerprint density at radius 3 is 2.82 bits per heavy atom. The summed E-state index contributed by atoms with van der Waals surface area (Å²) in [6, 6.07) is 11.0. The van der Waals surface area contributed by atoms with E-state index >= 15 is 0 Å². The van der Waals surface area contributed by atoms with Crippen LogP contribution in [-0.2, 0) is 0 Å². The zero-order valence-electron chi connectivity index (χ0n) is 9.01. The molecule has 84 valence electrons. The highest BCUT2D eigenvalue weighted by Crippen LogP contribution is 2.17. The minimum Gasteiger partial charge on any atom is -0.301 e. The molecule has 0 saturated carbocycles. The van der Waals surface area contributed by atoms with Crippen molar-refractivity contribution in [2.75, 3.05) is 5.75 Å². The summed E-state index contributed by atoms with van der Waals surface area (Å²) in [6.07, 6.45) is 5.17. The summed E-state index contributed by atoms with van der Waals surface area (Å²) >= 11 is 1.34. The molecule has 0 amide bonds. The molecule has 0 fully saturated rings. The minimum atomic E-state index is -0.168. The Balaban J connectivity index is 2.39. The zero-order chi connectivity index (χ0) is 12.1. The molecule has 1 aromatic heterocycles. The number of nitrogens with one attached hydrogen (secondary N) is 1. The predicted molar refractivity (Wildman–Crippen MR) is 69.9 cm³/mol. The van der Waals surface area contributed by atoms with Crippen molar-refractivity contribution >= 4 is 11.8 Å². The Morgan fingerprint density at radius 2 is 2.12 bits per heavy atom. The second kappa shape index (κ2) is 5.37. The monoisotopic (exact) mass is 242 g/mol. The first-order valence-corrected chi connectivity index (χ1v) is 6.01. The van der Waals surface area contributed by atoms with Crippen LogP contribution in [0.5, 0.6) is 0 Å². The lowest BCUT2D eigenvalue weighted by molar-refractivity contribution is 0.944. The number of H-pyrrole nitrogens is 1. The van der Waals surface area contributed by atoms with E-state index < -0.39 is 0 Å². The Kier molecular flexibility index (Phi) is 3.63. The highest BCUT2D eigenvalue weighted by Gasteiger charge is 2.03. The van der Waals surface area contributed by atoms with Crippen LogP contribution in [-0.4, -0.2) is 15.7 Å². The number of terminal acetylenes is 1. The second-order valence-electron chi connectivity index (χ2n) is 3.29. The Hall–Kier alpha value is -1.99. The fraction of sp³-hybridized carbons (Fsp3) is 0.0769. The lowest BCUT2D eigenvalue weighted by Crippen LogP contribution is -2.08. The van der Waals surface area contributed by atoms with Crippen molar-refractivity contribution in [1.82, 2.24) is 9.97 Å². The third-order valence-electron chi connectivity index (χ3n) is 2.08. The Bertz CT molecular complexity index is 599. The minimum absolute atomic E-state index is 0.168. The van der Waals surface area contributed by atoms with Gasteiger partial charge in [0.15, 0.2) is 5.16 Å². The summed E-state index contributed by atoms with van der Waals surface area (Å²) in [6.45, 7) is 0. The van der Waals surface area contributed by atoms with E-state index in [1.165, 1.54) is 17.8 Å². The van der Waals surface area contributed by atoms with Gasteiger partial charge in [-0.1, -0.05) is 48.0 Å². The van der Waals surface area contributed by atoms with Crippen LogP contribution < -0.4 is 5.56 Å². The number of aromatic amines is 1. The molecule has 1 N–H and O–H groups in total. The first kappa shape index (κ1) is 11.5. The molecule has 0 bridgehead atoms. The maximum atomic E-state index is 11.5. The molecule has 1 aromatic carbocycles. The van der Waals surface area contributed by atoms with Crippen molar-refractivity contribution in [3.05, 3.63) is 46.8 Å². The summed E-state index contributed by atoms with van der Waals surface area (Å²) in [5, 5.41) is 0.550. The van der Waals surface area contributed by atoms with Gasteiger partial charge in [0.1, 0.15) is 0 Å².